The van der Waals surface area contributed by atoms with Crippen LogP contribution in [0.4, 0.5) is 47.8 Å². The molecule has 0 N–H and O–H groups in total. The van der Waals surface area contributed by atoms with Gasteiger partial charge in [0.25, 0.3) is 0 Å². The van der Waals surface area contributed by atoms with Crippen molar-refractivity contribution in [1.82, 2.24) is 0 Å². The summed E-state index contributed by atoms with van der Waals surface area (Å²) in [6, 6.07) is 63.4. The first-order valence-electron chi connectivity index (χ1n) is 26.3. The Kier molecular flexibility index (Phi) is 12.6. The van der Waals surface area contributed by atoms with E-state index >= 15 is 30.7 Å². The summed E-state index contributed by atoms with van der Waals surface area (Å²) in [5, 5.41) is 0. The first-order valence-corrected chi connectivity index (χ1v) is 26.3. The van der Waals surface area contributed by atoms with Gasteiger partial charge in [-0.05, 0) is 176 Å². The van der Waals surface area contributed by atoms with Crippen LogP contribution in [0.1, 0.15) is 55.6 Å². The maximum absolute atomic E-state index is 17.1. The lowest BCUT2D eigenvalue weighted by Crippen LogP contribution is -2.31. The number of anilines is 3. The Morgan fingerprint density at radius 1 is 0.305 bits per heavy atom. The number of ether oxygens (including phenoxy) is 2. The molecular weight excluding hydrogens is 1040 g/mol. The van der Waals surface area contributed by atoms with E-state index in [1.54, 1.807) is 109 Å². The van der Waals surface area contributed by atoms with Crippen LogP contribution in [0.3, 0.4) is 0 Å². The Hall–Kier alpha value is -10.2. The van der Waals surface area contributed by atoms with Gasteiger partial charge >= 0.3 is 0 Å². The van der Waals surface area contributed by atoms with E-state index in [0.717, 1.165) is 23.3 Å². The summed E-state index contributed by atoms with van der Waals surface area (Å²) in [7, 11) is 0. The van der Waals surface area contributed by atoms with Crippen molar-refractivity contribution < 1.29 is 40.2 Å². The molecule has 398 valence electrons. The normalized spacial score (nSPS) is 15.5. The standard InChI is InChI=1S/C72H44F7NO2/c1-3-43-13-27-51(28-14-43)81-53-31-17-45(18-32-53)71(63-39-67(76)69(78)41-65(63)74)59-11-7-5-9-55(59)57-35-25-49(37-61(57)71)80(48-23-21-47(73)22-24-48)50-26-36-58-56-10-6-8-12-60(56)72(62(58)38-50,64-40-68(77)70(79)42-66(64)75)46-19-33-54(34-20-46)82-52-29-15-44(4-2)16-30-52/h3-42H,1-2H2. The van der Waals surface area contributed by atoms with Crippen molar-refractivity contribution in [3.8, 4) is 45.3 Å². The highest BCUT2D eigenvalue weighted by molar-refractivity contribution is 5.92. The van der Waals surface area contributed by atoms with Crippen LogP contribution >= 0.6 is 0 Å². The quantitative estimate of drug-likeness (QED) is 0.0848. The largest absolute Gasteiger partial charge is 0.457 e. The molecule has 0 heterocycles. The third kappa shape index (κ3) is 8.28. The van der Waals surface area contributed by atoms with E-state index in [1.165, 1.54) is 12.1 Å². The molecule has 0 aliphatic heterocycles. The number of hydrogen-bond donors (Lipinski definition) is 0. The van der Waals surface area contributed by atoms with Gasteiger partial charge in [0.05, 0.1) is 10.8 Å². The highest BCUT2D eigenvalue weighted by Crippen LogP contribution is 2.60. The van der Waals surface area contributed by atoms with E-state index < -0.39 is 51.6 Å². The van der Waals surface area contributed by atoms with Crippen LogP contribution in [-0.2, 0) is 10.8 Å². The van der Waals surface area contributed by atoms with Crippen molar-refractivity contribution >= 4 is 29.2 Å². The van der Waals surface area contributed by atoms with Gasteiger partial charge in [-0.25, -0.2) is 30.7 Å². The Morgan fingerprint density at radius 3 is 1.04 bits per heavy atom. The number of benzene rings is 11. The maximum atomic E-state index is 17.1. The van der Waals surface area contributed by atoms with Crippen molar-refractivity contribution in [3.05, 3.63) is 340 Å². The predicted molar refractivity (Wildman–Crippen MR) is 309 cm³/mol. The number of hydrogen-bond acceptors (Lipinski definition) is 3. The number of rotatable bonds is 13. The average molecular weight is 1090 g/mol. The summed E-state index contributed by atoms with van der Waals surface area (Å²) >= 11 is 0. The summed E-state index contributed by atoms with van der Waals surface area (Å²) < 4.78 is 124. The molecule has 3 nitrogen and oxygen atoms in total. The lowest BCUT2D eigenvalue weighted by atomic mass is 9.67. The second-order valence-electron chi connectivity index (χ2n) is 20.2. The van der Waals surface area contributed by atoms with Crippen LogP contribution in [-0.4, -0.2) is 0 Å². The van der Waals surface area contributed by atoms with E-state index in [0.29, 0.717) is 108 Å². The fourth-order valence-corrected chi connectivity index (χ4v) is 12.1. The molecule has 0 saturated heterocycles. The lowest BCUT2D eigenvalue weighted by molar-refractivity contribution is 0.480. The molecule has 11 aromatic rings. The first-order chi connectivity index (χ1) is 39.9. The highest BCUT2D eigenvalue weighted by Gasteiger charge is 2.50. The Bertz CT molecular complexity index is 4080. The van der Waals surface area contributed by atoms with E-state index in [9.17, 15) is 0 Å². The van der Waals surface area contributed by atoms with Gasteiger partial charge in [0.2, 0.25) is 0 Å². The van der Waals surface area contributed by atoms with Crippen molar-refractivity contribution in [3.63, 3.8) is 0 Å². The summed E-state index contributed by atoms with van der Waals surface area (Å²) in [5.74, 6) is -5.71. The zero-order chi connectivity index (χ0) is 56.4. The number of nitrogens with zero attached hydrogens (tertiary/aromatic N) is 1. The van der Waals surface area contributed by atoms with Crippen LogP contribution in [0, 0.1) is 40.7 Å². The third-order valence-electron chi connectivity index (χ3n) is 15.8. The van der Waals surface area contributed by atoms with Crippen molar-refractivity contribution in [2.45, 2.75) is 10.8 Å². The molecule has 0 amide bonds. The summed E-state index contributed by atoms with van der Waals surface area (Å²) in [4.78, 5) is 1.86. The van der Waals surface area contributed by atoms with Gasteiger partial charge in [-0.2, -0.15) is 0 Å². The van der Waals surface area contributed by atoms with Gasteiger partial charge in [0, 0.05) is 40.3 Å². The SMILES string of the molecule is C=Cc1ccc(Oc2ccc(C3(c4cc(F)c(F)cc4F)c4ccccc4-c4ccc(N(c5ccc(F)cc5)c5ccc6c(c5)C(c5ccc(Oc7ccc(C=C)cc7)cc5)(c5cc(F)c(F)cc5F)c5ccccc5-6)cc43)cc2)cc1. The minimum absolute atomic E-state index is 0.160. The number of fused-ring (bicyclic) bond motifs is 6. The minimum Gasteiger partial charge on any atom is -0.457 e. The molecule has 0 saturated carbocycles. The van der Waals surface area contributed by atoms with Gasteiger partial charge in [0.15, 0.2) is 23.3 Å². The summed E-state index contributed by atoms with van der Waals surface area (Å²) in [5.41, 5.74) is 5.55. The van der Waals surface area contributed by atoms with Crippen molar-refractivity contribution in [2.24, 2.45) is 0 Å². The van der Waals surface area contributed by atoms with E-state index in [1.807, 2.05) is 102 Å². The predicted octanol–water partition coefficient (Wildman–Crippen LogP) is 19.7. The second-order valence-corrected chi connectivity index (χ2v) is 20.2. The monoisotopic (exact) mass is 1090 g/mol. The summed E-state index contributed by atoms with van der Waals surface area (Å²) in [6.07, 6.45) is 3.44. The minimum atomic E-state index is -1.64. The van der Waals surface area contributed by atoms with Gasteiger partial charge in [0.1, 0.15) is 40.4 Å². The second kappa shape index (κ2) is 20.2. The molecule has 10 heteroatoms. The van der Waals surface area contributed by atoms with E-state index in [-0.39, 0.29) is 11.1 Å². The van der Waals surface area contributed by atoms with E-state index in [4.69, 9.17) is 9.47 Å². The molecule has 11 aromatic carbocycles. The lowest BCUT2D eigenvalue weighted by Gasteiger charge is -2.36. The van der Waals surface area contributed by atoms with Gasteiger partial charge in [-0.1, -0.05) is 135 Å². The Morgan fingerprint density at radius 2 is 0.646 bits per heavy atom. The number of halogens is 7. The highest BCUT2D eigenvalue weighted by atomic mass is 19.2. The molecule has 0 fully saturated rings. The molecule has 0 radical (unpaired) electrons. The maximum Gasteiger partial charge on any atom is 0.161 e. The molecule has 0 bridgehead atoms. The van der Waals surface area contributed by atoms with Crippen LogP contribution in [0.25, 0.3) is 34.4 Å². The Balaban J connectivity index is 1.03. The molecule has 13 rings (SSSR count). The zero-order valence-corrected chi connectivity index (χ0v) is 43.4. The first kappa shape index (κ1) is 51.3. The van der Waals surface area contributed by atoms with Crippen molar-refractivity contribution in [2.75, 3.05) is 4.90 Å². The van der Waals surface area contributed by atoms with Gasteiger partial charge in [-0.3, -0.25) is 0 Å². The van der Waals surface area contributed by atoms with Crippen LogP contribution in [0.5, 0.6) is 23.0 Å². The van der Waals surface area contributed by atoms with Crippen molar-refractivity contribution in [1.29, 1.82) is 0 Å². The third-order valence-corrected chi connectivity index (χ3v) is 15.8. The fourth-order valence-electron chi connectivity index (χ4n) is 12.1. The van der Waals surface area contributed by atoms with Crippen LogP contribution in [0.15, 0.2) is 244 Å². The molecule has 82 heavy (non-hydrogen) atoms. The van der Waals surface area contributed by atoms with Gasteiger partial charge < -0.3 is 14.4 Å². The van der Waals surface area contributed by atoms with E-state index in [2.05, 4.69) is 13.2 Å². The molecule has 2 atom stereocenters. The zero-order valence-electron chi connectivity index (χ0n) is 43.4. The van der Waals surface area contributed by atoms with Crippen LogP contribution in [0.2, 0.25) is 0 Å². The summed E-state index contributed by atoms with van der Waals surface area (Å²) in [6.45, 7) is 7.65. The Labute approximate surface area is 468 Å². The molecule has 2 unspecified atom stereocenters. The fraction of sp³-hybridized carbons (Fsp3) is 0.0278. The molecule has 2 aliphatic rings. The smallest absolute Gasteiger partial charge is 0.161 e. The van der Waals surface area contributed by atoms with Crippen LogP contribution < -0.4 is 14.4 Å². The topological polar surface area (TPSA) is 21.7 Å². The molecule has 0 spiro atoms. The molecular formula is C72H44F7NO2. The average Bonchev–Trinajstić information content (AvgIpc) is 4.09. The molecule has 2 aliphatic carbocycles. The molecule has 0 aromatic heterocycles. The van der Waals surface area contributed by atoms with Gasteiger partial charge in [-0.15, -0.1) is 0 Å².